The molecule has 0 aliphatic carbocycles. The molecule has 4 heteroatoms. The van der Waals surface area contributed by atoms with E-state index >= 15 is 0 Å². The van der Waals surface area contributed by atoms with Crippen LogP contribution in [0.1, 0.15) is 0 Å². The first-order valence-electron chi connectivity index (χ1n) is 0. The molecule has 0 saturated carbocycles. The van der Waals surface area contributed by atoms with Gasteiger partial charge in [0.25, 0.3) is 0 Å². The maximum absolute atomic E-state index is 0. The van der Waals surface area contributed by atoms with Crippen molar-refractivity contribution in [2.45, 2.75) is 0 Å². The molecule has 0 nitrogen and oxygen atoms in total. The molecule has 1 atom stereocenters. The summed E-state index contributed by atoms with van der Waals surface area (Å²) in [6.45, 7) is 0. The van der Waals surface area contributed by atoms with Crippen molar-refractivity contribution in [3.05, 3.63) is 0 Å². The predicted octanol–water partition coefficient (Wildman–Crippen LogP) is -1.40. The Balaban J connectivity index is 0. The molecule has 0 aromatic heterocycles. The van der Waals surface area contributed by atoms with Gasteiger partial charge in [0.2, 0.25) is 0 Å². The van der Waals surface area contributed by atoms with Crippen molar-refractivity contribution in [2.24, 2.45) is 0 Å². The van der Waals surface area contributed by atoms with Crippen molar-refractivity contribution >= 4 is 20.9 Å². The molecular formula is H7CuMnPSi. The van der Waals surface area contributed by atoms with Crippen molar-refractivity contribution in [1.82, 2.24) is 0 Å². The third kappa shape index (κ3) is 9.36. The molecule has 0 aliphatic rings. The first-order chi connectivity index (χ1) is 0. The normalized spacial score (nSPS) is 0. The molecule has 0 N–H and O–H groups in total. The summed E-state index contributed by atoms with van der Waals surface area (Å²) >= 11 is 0. The van der Waals surface area contributed by atoms with Gasteiger partial charge in [-0.3, -0.25) is 0 Å². The molecule has 0 rings (SSSR count). The van der Waals surface area contributed by atoms with E-state index in [4.69, 9.17) is 0 Å². The van der Waals surface area contributed by atoms with Gasteiger partial charge in [0.05, 0.1) is 0 Å². The van der Waals surface area contributed by atoms with Crippen LogP contribution in [0.5, 0.6) is 0 Å². The van der Waals surface area contributed by atoms with Crippen LogP contribution in [0, 0.1) is 0 Å². The smallest absolute Gasteiger partial charge is 0 e. The van der Waals surface area contributed by atoms with E-state index in [9.17, 15) is 0 Å². The van der Waals surface area contributed by atoms with E-state index < -0.39 is 0 Å². The summed E-state index contributed by atoms with van der Waals surface area (Å²) in [4.78, 5) is 0. The Hall–Kier alpha value is 1.69. The molecule has 0 aromatic carbocycles. The van der Waals surface area contributed by atoms with Crippen LogP contribution in [0.2, 0.25) is 0 Å². The Morgan fingerprint density at radius 1 is 1.00 bits per heavy atom. The zero-order valence-corrected chi connectivity index (χ0v) is 4.92. The van der Waals surface area contributed by atoms with Gasteiger partial charge >= 0.3 is 0 Å². The van der Waals surface area contributed by atoms with Gasteiger partial charge in [-0.2, -0.15) is 9.90 Å². The topological polar surface area (TPSA) is 0 Å². The molecule has 0 saturated heterocycles. The second-order valence-electron chi connectivity index (χ2n) is 0. The van der Waals surface area contributed by atoms with Gasteiger partial charge in [-0.1, -0.05) is 0 Å². The fourth-order valence-corrected chi connectivity index (χ4v) is 0. The first-order valence-corrected chi connectivity index (χ1v) is 0. The summed E-state index contributed by atoms with van der Waals surface area (Å²) in [5.41, 5.74) is 0. The molecular weight excluding hydrogens is 178 g/mol. The van der Waals surface area contributed by atoms with Gasteiger partial charge in [-0.25, -0.2) is 0 Å². The van der Waals surface area contributed by atoms with E-state index in [2.05, 4.69) is 0 Å². The van der Waals surface area contributed by atoms with Crippen LogP contribution >= 0.6 is 9.90 Å². The van der Waals surface area contributed by atoms with Crippen molar-refractivity contribution in [3.8, 4) is 0 Å². The van der Waals surface area contributed by atoms with Gasteiger partial charge in [0, 0.05) is 34.1 Å². The molecule has 0 fully saturated rings. The van der Waals surface area contributed by atoms with Crippen LogP contribution in [0.15, 0.2) is 0 Å². The summed E-state index contributed by atoms with van der Waals surface area (Å²) < 4.78 is 0. The maximum Gasteiger partial charge on any atom is 0 e. The summed E-state index contributed by atoms with van der Waals surface area (Å²) in [6.07, 6.45) is 0. The molecule has 2 radical (unpaired) electrons. The molecule has 0 amide bonds. The monoisotopic (exact) mass is 184 g/mol. The second kappa shape index (κ2) is 22.4. The summed E-state index contributed by atoms with van der Waals surface area (Å²) in [5, 5.41) is 0. The van der Waals surface area contributed by atoms with E-state index in [1.165, 1.54) is 0 Å². The third-order valence-corrected chi connectivity index (χ3v) is 0. The zero-order chi connectivity index (χ0) is 0. The number of hydrogen-bond donors (Lipinski definition) is 0. The van der Waals surface area contributed by atoms with Crippen LogP contribution in [-0.2, 0) is 34.1 Å². The van der Waals surface area contributed by atoms with Crippen LogP contribution in [0.25, 0.3) is 0 Å². The molecule has 0 spiro atoms. The van der Waals surface area contributed by atoms with Crippen LogP contribution in [0.4, 0.5) is 0 Å². The molecule has 0 bridgehead atoms. The summed E-state index contributed by atoms with van der Waals surface area (Å²) in [6, 6.07) is 0. The van der Waals surface area contributed by atoms with Crippen LogP contribution in [0.3, 0.4) is 0 Å². The predicted molar refractivity (Wildman–Crippen MR) is 22.4 cm³/mol. The van der Waals surface area contributed by atoms with Crippen molar-refractivity contribution < 1.29 is 34.1 Å². The van der Waals surface area contributed by atoms with E-state index in [-0.39, 0.29) is 55.0 Å². The standard InChI is InChI=1S/Cu.Mn.H3P.H4Si/h;;1H3;1H4. The van der Waals surface area contributed by atoms with Crippen LogP contribution < -0.4 is 0 Å². The second-order valence-corrected chi connectivity index (χ2v) is 0. The van der Waals surface area contributed by atoms with E-state index in [1.54, 1.807) is 0 Å². The fourth-order valence-electron chi connectivity index (χ4n) is 0. The zero-order valence-electron chi connectivity index (χ0n) is 1.39. The first kappa shape index (κ1) is 43.9. The largest absolute Gasteiger partial charge is 0.153 e. The Labute approximate surface area is 55.1 Å². The van der Waals surface area contributed by atoms with Gasteiger partial charge in [-0.15, -0.1) is 0 Å². The van der Waals surface area contributed by atoms with Crippen LogP contribution in [-0.4, -0.2) is 11.0 Å². The molecule has 1 unspecified atom stereocenters. The Morgan fingerprint density at radius 2 is 1.00 bits per heavy atom. The molecule has 0 aliphatic heterocycles. The summed E-state index contributed by atoms with van der Waals surface area (Å²) in [7, 11) is 0. The molecule has 0 heterocycles. The van der Waals surface area contributed by atoms with Gasteiger partial charge < -0.3 is 0 Å². The van der Waals surface area contributed by atoms with Crippen molar-refractivity contribution in [1.29, 1.82) is 0 Å². The third-order valence-electron chi connectivity index (χ3n) is 0. The van der Waals surface area contributed by atoms with E-state index in [1.807, 2.05) is 0 Å². The van der Waals surface area contributed by atoms with Gasteiger partial charge in [0.1, 0.15) is 0 Å². The Kier molecular flexibility index (Phi) is 246. The van der Waals surface area contributed by atoms with Crippen molar-refractivity contribution in [2.75, 3.05) is 0 Å². The van der Waals surface area contributed by atoms with Gasteiger partial charge in [-0.05, 0) is 11.0 Å². The van der Waals surface area contributed by atoms with E-state index in [0.29, 0.717) is 0 Å². The summed E-state index contributed by atoms with van der Waals surface area (Å²) in [5.74, 6) is 0. The molecule has 34 valence electrons. The van der Waals surface area contributed by atoms with Crippen molar-refractivity contribution in [3.63, 3.8) is 0 Å². The number of rotatable bonds is 0. The minimum absolute atomic E-state index is 0. The number of hydrogen-bond acceptors (Lipinski definition) is 0. The minimum atomic E-state index is 0. The average Bonchev–Trinajstić information content (AvgIpc) is 0. The SMILES string of the molecule is P.[Cu].[Mn].[SiH4]. The van der Waals surface area contributed by atoms with E-state index in [0.717, 1.165) is 0 Å². The quantitative estimate of drug-likeness (QED) is 0.321. The average molecular weight is 185 g/mol. The maximum atomic E-state index is 0. The fraction of sp³-hybridized carbons (Fsp3) is 0. The molecule has 4 heavy (non-hydrogen) atoms. The minimum Gasteiger partial charge on any atom is -0.153 e. The Morgan fingerprint density at radius 3 is 1.00 bits per heavy atom. The van der Waals surface area contributed by atoms with Gasteiger partial charge in [0.15, 0.2) is 0 Å². The molecule has 0 aromatic rings. The Bertz CT molecular complexity index is 8.00.